The molecule has 0 aliphatic heterocycles. The highest BCUT2D eigenvalue weighted by Crippen LogP contribution is 2.37. The standard InChI is InChI=1S/C32H24ClN7O2/c1-18(38-31-27-25(41)13-14-34-30(27)35-16-36-31)29-28(33)22-10-6-9-21(19-11-12-23-24(15-19)39(2)17-37-23)26(22)32(42)40(29)20-7-4-3-5-8-20/h3-18H,1-2H3,(H2,34,35,36,38,41)/t18-/m0/s1. The first-order valence-electron chi connectivity index (χ1n) is 13.4. The Morgan fingerprint density at radius 1 is 0.929 bits per heavy atom. The van der Waals surface area contributed by atoms with E-state index in [1.807, 2.05) is 85.3 Å². The van der Waals surface area contributed by atoms with Crippen molar-refractivity contribution in [2.75, 3.05) is 5.32 Å². The molecule has 1 atom stereocenters. The van der Waals surface area contributed by atoms with Gasteiger partial charge in [0.15, 0.2) is 5.43 Å². The number of para-hydroxylation sites is 1. The van der Waals surface area contributed by atoms with Gasteiger partial charge in [-0.2, -0.15) is 0 Å². The number of aryl methyl sites for hydroxylation is 1. The van der Waals surface area contributed by atoms with Crippen LogP contribution in [-0.4, -0.2) is 29.1 Å². The Morgan fingerprint density at radius 3 is 2.60 bits per heavy atom. The number of hydrogen-bond donors (Lipinski definition) is 2. The number of aromatic nitrogens is 6. The molecule has 0 amide bonds. The molecule has 2 N–H and O–H groups in total. The van der Waals surface area contributed by atoms with Crippen LogP contribution in [0, 0.1) is 0 Å². The maximum absolute atomic E-state index is 14.6. The second-order valence-corrected chi connectivity index (χ2v) is 10.5. The molecule has 42 heavy (non-hydrogen) atoms. The number of H-pyrrole nitrogens is 1. The van der Waals surface area contributed by atoms with Crippen LogP contribution in [0.25, 0.3) is 49.7 Å². The van der Waals surface area contributed by atoms with Crippen LogP contribution in [0.5, 0.6) is 0 Å². The number of anilines is 1. The zero-order chi connectivity index (χ0) is 29.0. The van der Waals surface area contributed by atoms with Gasteiger partial charge in [-0.15, -0.1) is 0 Å². The monoisotopic (exact) mass is 573 g/mol. The Kier molecular flexibility index (Phi) is 6.09. The van der Waals surface area contributed by atoms with Crippen LogP contribution in [0.3, 0.4) is 0 Å². The van der Waals surface area contributed by atoms with Crippen molar-refractivity contribution in [1.29, 1.82) is 0 Å². The maximum atomic E-state index is 14.6. The lowest BCUT2D eigenvalue weighted by molar-refractivity contribution is 0.774. The summed E-state index contributed by atoms with van der Waals surface area (Å²) in [6.07, 6.45) is 4.69. The third kappa shape index (κ3) is 4.05. The number of nitrogens with zero attached hydrogens (tertiary/aromatic N) is 5. The van der Waals surface area contributed by atoms with Crippen LogP contribution < -0.4 is 16.3 Å². The van der Waals surface area contributed by atoms with E-state index in [2.05, 4.69) is 25.3 Å². The maximum Gasteiger partial charge on any atom is 0.263 e. The van der Waals surface area contributed by atoms with Gasteiger partial charge >= 0.3 is 0 Å². The molecule has 0 aliphatic rings. The molecular weight excluding hydrogens is 550 g/mol. The summed E-state index contributed by atoms with van der Waals surface area (Å²) in [7, 11) is 1.94. The minimum absolute atomic E-state index is 0.213. The van der Waals surface area contributed by atoms with Crippen molar-refractivity contribution < 1.29 is 0 Å². The molecule has 10 heteroatoms. The van der Waals surface area contributed by atoms with Gasteiger partial charge in [-0.25, -0.2) is 15.0 Å². The van der Waals surface area contributed by atoms with Gasteiger partial charge in [0.1, 0.15) is 23.2 Å². The normalized spacial score (nSPS) is 12.3. The summed E-state index contributed by atoms with van der Waals surface area (Å²) in [6, 6.07) is 22.0. The number of aromatic amines is 1. The molecule has 0 fully saturated rings. The average Bonchev–Trinajstić information content (AvgIpc) is 3.38. The van der Waals surface area contributed by atoms with Crippen molar-refractivity contribution >= 4 is 50.3 Å². The number of rotatable bonds is 5. The fourth-order valence-corrected chi connectivity index (χ4v) is 5.97. The molecule has 0 saturated carbocycles. The smallest absolute Gasteiger partial charge is 0.263 e. The molecule has 0 aliphatic carbocycles. The van der Waals surface area contributed by atoms with E-state index >= 15 is 0 Å². The molecule has 7 rings (SSSR count). The van der Waals surface area contributed by atoms with E-state index in [0.29, 0.717) is 44.0 Å². The number of hydrogen-bond acceptors (Lipinski definition) is 6. The molecule has 7 aromatic rings. The van der Waals surface area contributed by atoms with E-state index in [9.17, 15) is 9.59 Å². The third-order valence-electron chi connectivity index (χ3n) is 7.55. The lowest BCUT2D eigenvalue weighted by Crippen LogP contribution is -2.27. The summed E-state index contributed by atoms with van der Waals surface area (Å²) in [5, 5.41) is 5.21. The van der Waals surface area contributed by atoms with Crippen molar-refractivity contribution in [3.05, 3.63) is 123 Å². The number of halogens is 1. The fourth-order valence-electron chi connectivity index (χ4n) is 5.57. The molecule has 0 bridgehead atoms. The van der Waals surface area contributed by atoms with Crippen LogP contribution >= 0.6 is 11.6 Å². The molecular formula is C32H24ClN7O2. The van der Waals surface area contributed by atoms with Crippen molar-refractivity contribution in [1.82, 2.24) is 29.1 Å². The number of nitrogens with one attached hydrogen (secondary N) is 2. The van der Waals surface area contributed by atoms with Gasteiger partial charge in [-0.05, 0) is 42.3 Å². The second-order valence-electron chi connectivity index (χ2n) is 10.1. The first kappa shape index (κ1) is 25.7. The Hall–Kier alpha value is -5.28. The minimum Gasteiger partial charge on any atom is -0.361 e. The second kappa shape index (κ2) is 9.97. The van der Waals surface area contributed by atoms with E-state index in [1.165, 1.54) is 12.4 Å². The quantitative estimate of drug-likeness (QED) is 0.261. The third-order valence-corrected chi connectivity index (χ3v) is 7.94. The highest BCUT2D eigenvalue weighted by Gasteiger charge is 2.24. The summed E-state index contributed by atoms with van der Waals surface area (Å²) < 4.78 is 3.59. The predicted molar refractivity (Wildman–Crippen MR) is 166 cm³/mol. The average molecular weight is 574 g/mol. The summed E-state index contributed by atoms with van der Waals surface area (Å²) in [5.74, 6) is 0.343. The zero-order valence-electron chi connectivity index (χ0n) is 22.7. The van der Waals surface area contributed by atoms with E-state index < -0.39 is 6.04 Å². The zero-order valence-corrected chi connectivity index (χ0v) is 23.4. The van der Waals surface area contributed by atoms with Gasteiger partial charge in [-0.3, -0.25) is 14.2 Å². The molecule has 0 spiro atoms. The summed E-state index contributed by atoms with van der Waals surface area (Å²) >= 11 is 7.23. The topological polar surface area (TPSA) is 110 Å². The molecule has 0 saturated heterocycles. The lowest BCUT2D eigenvalue weighted by atomic mass is 9.97. The summed E-state index contributed by atoms with van der Waals surface area (Å²) in [5.41, 5.74) is 4.67. The number of imidazole rings is 1. The summed E-state index contributed by atoms with van der Waals surface area (Å²) in [4.78, 5) is 43.3. The number of fused-ring (bicyclic) bond motifs is 3. The SMILES string of the molecule is C[C@H](Nc1ncnc2[nH]ccc(=O)c12)c1c(Cl)c2cccc(-c3ccc4ncn(C)c4c3)c2c(=O)n1-c1ccccc1. The fraction of sp³-hybridized carbons (Fsp3) is 0.0938. The van der Waals surface area contributed by atoms with Crippen LogP contribution in [-0.2, 0) is 7.05 Å². The molecule has 206 valence electrons. The van der Waals surface area contributed by atoms with E-state index in [4.69, 9.17) is 11.6 Å². The van der Waals surface area contributed by atoms with Crippen molar-refractivity contribution in [2.45, 2.75) is 13.0 Å². The van der Waals surface area contributed by atoms with Gasteiger partial charge < -0.3 is 14.9 Å². The van der Waals surface area contributed by atoms with Gasteiger partial charge in [-0.1, -0.05) is 54.1 Å². The molecule has 0 unspecified atom stereocenters. The largest absolute Gasteiger partial charge is 0.361 e. The van der Waals surface area contributed by atoms with E-state index in [0.717, 1.165) is 22.2 Å². The van der Waals surface area contributed by atoms with Crippen LogP contribution in [0.2, 0.25) is 5.02 Å². The minimum atomic E-state index is -0.526. The highest BCUT2D eigenvalue weighted by atomic mass is 35.5. The Labute approximate surface area is 244 Å². The Balaban J connectivity index is 1.48. The van der Waals surface area contributed by atoms with Gasteiger partial charge in [0, 0.05) is 30.4 Å². The molecule has 4 aromatic heterocycles. The molecule has 9 nitrogen and oxygen atoms in total. The predicted octanol–water partition coefficient (Wildman–Crippen LogP) is 6.00. The van der Waals surface area contributed by atoms with Crippen LogP contribution in [0.15, 0.2) is 101 Å². The highest BCUT2D eigenvalue weighted by molar-refractivity contribution is 6.36. The van der Waals surface area contributed by atoms with Crippen LogP contribution in [0.4, 0.5) is 5.82 Å². The van der Waals surface area contributed by atoms with Crippen LogP contribution in [0.1, 0.15) is 18.7 Å². The number of pyridine rings is 2. The van der Waals surface area contributed by atoms with Crippen molar-refractivity contribution in [3.8, 4) is 16.8 Å². The summed E-state index contributed by atoms with van der Waals surface area (Å²) in [6.45, 7) is 1.89. The lowest BCUT2D eigenvalue weighted by Gasteiger charge is -2.24. The Bertz CT molecular complexity index is 2270. The molecule has 3 aromatic carbocycles. The number of benzene rings is 3. The van der Waals surface area contributed by atoms with Gasteiger partial charge in [0.25, 0.3) is 5.56 Å². The van der Waals surface area contributed by atoms with E-state index in [1.54, 1.807) is 17.1 Å². The Morgan fingerprint density at radius 2 is 1.76 bits per heavy atom. The van der Waals surface area contributed by atoms with E-state index in [-0.39, 0.29) is 11.0 Å². The van der Waals surface area contributed by atoms with Crippen molar-refractivity contribution in [2.24, 2.45) is 7.05 Å². The van der Waals surface area contributed by atoms with Crippen molar-refractivity contribution in [3.63, 3.8) is 0 Å². The van der Waals surface area contributed by atoms with Gasteiger partial charge in [0.2, 0.25) is 0 Å². The first-order chi connectivity index (χ1) is 20.4. The molecule has 4 heterocycles. The first-order valence-corrected chi connectivity index (χ1v) is 13.7. The molecule has 0 radical (unpaired) electrons. The van der Waals surface area contributed by atoms with Gasteiger partial charge in [0.05, 0.1) is 39.5 Å².